The monoisotopic (exact) mass is 319 g/mol. The highest BCUT2D eigenvalue weighted by Gasteiger charge is 2.17. The Bertz CT molecular complexity index is 809. The number of hydrogen-bond acceptors (Lipinski definition) is 2. The molecule has 3 aromatic rings. The maximum atomic E-state index is 12.9. The quantitative estimate of drug-likeness (QED) is 0.718. The molecule has 122 valence electrons. The van der Waals surface area contributed by atoms with Crippen molar-refractivity contribution in [3.05, 3.63) is 83.7 Å². The normalized spacial score (nSPS) is 10.6. The molecule has 3 rings (SSSR count). The number of aryl methyl sites for hydroxylation is 2. The fraction of sp³-hybridized carbons (Fsp3) is 0.200. The number of benzene rings is 2. The van der Waals surface area contributed by atoms with Gasteiger partial charge in [-0.05, 0) is 37.6 Å². The molecule has 0 saturated heterocycles. The molecule has 2 aromatic carbocycles. The molecule has 0 saturated carbocycles. The van der Waals surface area contributed by atoms with Gasteiger partial charge in [-0.15, -0.1) is 0 Å². The van der Waals surface area contributed by atoms with Crippen molar-refractivity contribution in [2.75, 3.05) is 4.90 Å². The van der Waals surface area contributed by atoms with Crippen LogP contribution >= 0.6 is 0 Å². The third kappa shape index (κ3) is 3.71. The van der Waals surface area contributed by atoms with E-state index in [0.717, 1.165) is 22.6 Å². The minimum Gasteiger partial charge on any atom is -0.306 e. The van der Waals surface area contributed by atoms with E-state index in [1.54, 1.807) is 4.68 Å². The van der Waals surface area contributed by atoms with Crippen molar-refractivity contribution in [1.82, 2.24) is 9.78 Å². The molecule has 1 amide bonds. The van der Waals surface area contributed by atoms with Gasteiger partial charge in [-0.25, -0.2) is 0 Å². The summed E-state index contributed by atoms with van der Waals surface area (Å²) >= 11 is 0. The second kappa shape index (κ2) is 7.13. The summed E-state index contributed by atoms with van der Waals surface area (Å²) in [5, 5.41) is 4.40. The van der Waals surface area contributed by atoms with Crippen molar-refractivity contribution >= 4 is 11.6 Å². The zero-order valence-electron chi connectivity index (χ0n) is 14.0. The number of aromatic nitrogens is 2. The molecule has 24 heavy (non-hydrogen) atoms. The maximum absolute atomic E-state index is 12.9. The van der Waals surface area contributed by atoms with Crippen LogP contribution in [0.2, 0.25) is 0 Å². The van der Waals surface area contributed by atoms with Gasteiger partial charge in [0.15, 0.2) is 0 Å². The van der Waals surface area contributed by atoms with Gasteiger partial charge in [-0.1, -0.05) is 48.5 Å². The number of amides is 1. The van der Waals surface area contributed by atoms with E-state index in [4.69, 9.17) is 0 Å². The molecule has 0 fully saturated rings. The first-order chi connectivity index (χ1) is 11.6. The molecular formula is C20H21N3O. The number of carbonyl (C=O) groups excluding carboxylic acids is 1. The van der Waals surface area contributed by atoms with Crippen molar-refractivity contribution in [2.24, 2.45) is 0 Å². The zero-order chi connectivity index (χ0) is 16.9. The average molecular weight is 319 g/mol. The lowest BCUT2D eigenvalue weighted by molar-refractivity contribution is -0.119. The van der Waals surface area contributed by atoms with Gasteiger partial charge in [-0.3, -0.25) is 9.48 Å². The van der Waals surface area contributed by atoms with Crippen LogP contribution in [0.15, 0.2) is 66.7 Å². The van der Waals surface area contributed by atoms with Crippen LogP contribution in [0.1, 0.15) is 17.0 Å². The lowest BCUT2D eigenvalue weighted by Gasteiger charge is -2.23. The van der Waals surface area contributed by atoms with Crippen LogP contribution in [-0.2, 0) is 17.9 Å². The number of hydrogen-bond donors (Lipinski definition) is 0. The molecule has 4 nitrogen and oxygen atoms in total. The minimum atomic E-state index is 0.0243. The van der Waals surface area contributed by atoms with Gasteiger partial charge in [0.25, 0.3) is 0 Å². The molecule has 0 aliphatic carbocycles. The highest BCUT2D eigenvalue weighted by atomic mass is 16.2. The lowest BCUT2D eigenvalue weighted by Crippen LogP contribution is -2.34. The Balaban J connectivity index is 1.86. The summed E-state index contributed by atoms with van der Waals surface area (Å²) in [7, 11) is 0. The average Bonchev–Trinajstić information content (AvgIpc) is 2.91. The topological polar surface area (TPSA) is 38.1 Å². The number of anilines is 1. The van der Waals surface area contributed by atoms with Gasteiger partial charge in [0.05, 0.1) is 12.2 Å². The molecule has 0 atom stereocenters. The fourth-order valence-electron chi connectivity index (χ4n) is 2.75. The highest BCUT2D eigenvalue weighted by Crippen LogP contribution is 2.18. The number of nitrogens with zero attached hydrogens (tertiary/aromatic N) is 3. The molecular weight excluding hydrogens is 298 g/mol. The van der Waals surface area contributed by atoms with Crippen molar-refractivity contribution in [2.45, 2.75) is 26.9 Å². The SMILES string of the molecule is Cc1cc(C)n(CC(=O)N(Cc2ccccc2)c2ccccc2)n1. The number of carbonyl (C=O) groups is 1. The first-order valence-electron chi connectivity index (χ1n) is 8.04. The molecule has 0 spiro atoms. The number of para-hydroxylation sites is 1. The largest absolute Gasteiger partial charge is 0.306 e. The fourth-order valence-corrected chi connectivity index (χ4v) is 2.75. The summed E-state index contributed by atoms with van der Waals surface area (Å²) < 4.78 is 1.76. The van der Waals surface area contributed by atoms with Gasteiger partial charge in [0, 0.05) is 11.4 Å². The molecule has 1 heterocycles. The van der Waals surface area contributed by atoms with E-state index < -0.39 is 0 Å². The lowest BCUT2D eigenvalue weighted by atomic mass is 10.2. The first-order valence-corrected chi connectivity index (χ1v) is 8.04. The summed E-state index contributed by atoms with van der Waals surface area (Å²) in [5.74, 6) is 0.0243. The molecule has 0 unspecified atom stereocenters. The Morgan fingerprint density at radius 2 is 1.62 bits per heavy atom. The molecule has 0 N–H and O–H groups in total. The Labute approximate surface area is 142 Å². The van der Waals surface area contributed by atoms with Gasteiger partial charge in [0.2, 0.25) is 5.91 Å². The van der Waals surface area contributed by atoms with E-state index in [1.807, 2.05) is 85.5 Å². The second-order valence-electron chi connectivity index (χ2n) is 5.89. The van der Waals surface area contributed by atoms with Crippen LogP contribution in [0.5, 0.6) is 0 Å². The summed E-state index contributed by atoms with van der Waals surface area (Å²) in [6.07, 6.45) is 0. The Morgan fingerprint density at radius 1 is 1.00 bits per heavy atom. The van der Waals surface area contributed by atoms with E-state index in [1.165, 1.54) is 0 Å². The van der Waals surface area contributed by atoms with Gasteiger partial charge in [-0.2, -0.15) is 5.10 Å². The van der Waals surface area contributed by atoms with Crippen molar-refractivity contribution in [3.8, 4) is 0 Å². The summed E-state index contributed by atoms with van der Waals surface area (Å²) in [6.45, 7) is 4.69. The van der Waals surface area contributed by atoms with E-state index in [-0.39, 0.29) is 12.5 Å². The van der Waals surface area contributed by atoms with Crippen LogP contribution in [0.3, 0.4) is 0 Å². The summed E-state index contributed by atoms with van der Waals surface area (Å²) in [5.41, 5.74) is 3.92. The Kier molecular flexibility index (Phi) is 4.75. The zero-order valence-corrected chi connectivity index (χ0v) is 14.0. The smallest absolute Gasteiger partial charge is 0.249 e. The van der Waals surface area contributed by atoms with Crippen LogP contribution in [0.25, 0.3) is 0 Å². The minimum absolute atomic E-state index is 0.0243. The molecule has 0 radical (unpaired) electrons. The third-order valence-electron chi connectivity index (χ3n) is 3.94. The van der Waals surface area contributed by atoms with Crippen LogP contribution in [0.4, 0.5) is 5.69 Å². The Morgan fingerprint density at radius 3 is 2.21 bits per heavy atom. The third-order valence-corrected chi connectivity index (χ3v) is 3.94. The van der Waals surface area contributed by atoms with E-state index >= 15 is 0 Å². The first kappa shape index (κ1) is 16.0. The number of rotatable bonds is 5. The van der Waals surface area contributed by atoms with Crippen LogP contribution in [-0.4, -0.2) is 15.7 Å². The van der Waals surface area contributed by atoms with Crippen molar-refractivity contribution in [3.63, 3.8) is 0 Å². The van der Waals surface area contributed by atoms with E-state index in [2.05, 4.69) is 5.10 Å². The van der Waals surface area contributed by atoms with Gasteiger partial charge in [0.1, 0.15) is 6.54 Å². The van der Waals surface area contributed by atoms with E-state index in [0.29, 0.717) is 6.54 Å². The standard InChI is InChI=1S/C20H21N3O/c1-16-13-17(2)23(21-16)15-20(24)22(19-11-7-4-8-12-19)14-18-9-5-3-6-10-18/h3-13H,14-15H2,1-2H3. The molecule has 1 aromatic heterocycles. The summed E-state index contributed by atoms with van der Waals surface area (Å²) in [6, 6.07) is 21.8. The van der Waals surface area contributed by atoms with Gasteiger partial charge < -0.3 is 4.90 Å². The summed E-state index contributed by atoms with van der Waals surface area (Å²) in [4.78, 5) is 14.8. The van der Waals surface area contributed by atoms with Crippen molar-refractivity contribution in [1.29, 1.82) is 0 Å². The van der Waals surface area contributed by atoms with Crippen LogP contribution in [0, 0.1) is 13.8 Å². The Hall–Kier alpha value is -2.88. The van der Waals surface area contributed by atoms with Gasteiger partial charge >= 0.3 is 0 Å². The van der Waals surface area contributed by atoms with E-state index in [9.17, 15) is 4.79 Å². The molecule has 4 heteroatoms. The molecule has 0 aliphatic heterocycles. The predicted molar refractivity (Wildman–Crippen MR) is 95.8 cm³/mol. The maximum Gasteiger partial charge on any atom is 0.249 e. The molecule has 0 bridgehead atoms. The predicted octanol–water partition coefficient (Wildman–Crippen LogP) is 3.73. The highest BCUT2D eigenvalue weighted by molar-refractivity contribution is 5.93. The second-order valence-corrected chi connectivity index (χ2v) is 5.89. The van der Waals surface area contributed by atoms with Crippen LogP contribution < -0.4 is 4.90 Å². The molecule has 0 aliphatic rings. The van der Waals surface area contributed by atoms with Crippen molar-refractivity contribution < 1.29 is 4.79 Å².